The predicted octanol–water partition coefficient (Wildman–Crippen LogP) is 4.51. The molecule has 7 heteroatoms. The molecule has 0 atom stereocenters. The molecule has 1 aliphatic rings. The van der Waals surface area contributed by atoms with Gasteiger partial charge in [0.15, 0.2) is 0 Å². The second-order valence-electron chi connectivity index (χ2n) is 7.23. The highest BCUT2D eigenvalue weighted by Crippen LogP contribution is 2.27. The van der Waals surface area contributed by atoms with Crippen LogP contribution in [-0.2, 0) is 4.79 Å². The van der Waals surface area contributed by atoms with E-state index in [-0.39, 0.29) is 11.9 Å². The van der Waals surface area contributed by atoms with Crippen LogP contribution in [-0.4, -0.2) is 47.5 Å². The second-order valence-corrected chi connectivity index (χ2v) is 7.67. The molecular formula is C23H23ClN4O2. The summed E-state index contributed by atoms with van der Waals surface area (Å²) >= 11 is 6.03. The van der Waals surface area contributed by atoms with Gasteiger partial charge in [-0.3, -0.25) is 15.0 Å². The number of anilines is 1. The van der Waals surface area contributed by atoms with Crippen molar-refractivity contribution in [2.45, 2.75) is 12.8 Å². The molecule has 0 radical (unpaired) electrons. The van der Waals surface area contributed by atoms with Gasteiger partial charge in [-0.2, -0.15) is 0 Å². The van der Waals surface area contributed by atoms with Gasteiger partial charge in [-0.15, -0.1) is 0 Å². The van der Waals surface area contributed by atoms with E-state index in [0.29, 0.717) is 23.0 Å². The number of likely N-dealkylation sites (tertiary alicyclic amines) is 1. The smallest absolute Gasteiger partial charge is 0.240 e. The molecule has 1 aromatic heterocycles. The minimum atomic E-state index is -0.106. The number of ether oxygens (including phenoxy) is 1. The summed E-state index contributed by atoms with van der Waals surface area (Å²) in [6.07, 6.45) is 2.27. The normalized spacial score (nSPS) is 13.9. The van der Waals surface area contributed by atoms with Crippen molar-refractivity contribution in [3.63, 3.8) is 0 Å². The van der Waals surface area contributed by atoms with Crippen LogP contribution in [0.5, 0.6) is 5.75 Å². The molecule has 4 rings (SSSR count). The molecule has 1 N–H and O–H groups in total. The SMILES string of the molecule is COc1ccc(-c2cc(-c3ccc(Cl)cc3)nc(NC(=O)CN3CCCC3)n2)cc1. The predicted molar refractivity (Wildman–Crippen MR) is 119 cm³/mol. The molecule has 0 spiro atoms. The van der Waals surface area contributed by atoms with Crippen LogP contribution in [0.3, 0.4) is 0 Å². The number of nitrogens with one attached hydrogen (secondary N) is 1. The van der Waals surface area contributed by atoms with Gasteiger partial charge in [0.1, 0.15) is 5.75 Å². The Morgan fingerprint density at radius 3 is 2.13 bits per heavy atom. The number of benzene rings is 2. The van der Waals surface area contributed by atoms with Gasteiger partial charge in [-0.25, -0.2) is 9.97 Å². The molecule has 1 fully saturated rings. The number of methoxy groups -OCH3 is 1. The van der Waals surface area contributed by atoms with Gasteiger partial charge < -0.3 is 4.74 Å². The zero-order valence-corrected chi connectivity index (χ0v) is 17.5. The number of carbonyl (C=O) groups is 1. The van der Waals surface area contributed by atoms with Gasteiger partial charge in [0.2, 0.25) is 11.9 Å². The fourth-order valence-corrected chi connectivity index (χ4v) is 3.62. The minimum absolute atomic E-state index is 0.106. The Labute approximate surface area is 180 Å². The van der Waals surface area contributed by atoms with Crippen molar-refractivity contribution in [2.75, 3.05) is 32.1 Å². The molecule has 1 saturated heterocycles. The van der Waals surface area contributed by atoms with Crippen LogP contribution in [0, 0.1) is 0 Å². The lowest BCUT2D eigenvalue weighted by Gasteiger charge is -2.14. The number of halogens is 1. The number of nitrogens with zero attached hydrogens (tertiary/aromatic N) is 3. The molecule has 6 nitrogen and oxygen atoms in total. The lowest BCUT2D eigenvalue weighted by atomic mass is 10.1. The summed E-state index contributed by atoms with van der Waals surface area (Å²) in [6.45, 7) is 2.26. The Balaban J connectivity index is 1.65. The van der Waals surface area contributed by atoms with E-state index in [1.807, 2.05) is 54.6 Å². The van der Waals surface area contributed by atoms with Crippen LogP contribution in [0.2, 0.25) is 5.02 Å². The van der Waals surface area contributed by atoms with E-state index in [9.17, 15) is 4.79 Å². The molecule has 1 aliphatic heterocycles. The second kappa shape index (κ2) is 9.24. The van der Waals surface area contributed by atoms with E-state index >= 15 is 0 Å². The maximum Gasteiger partial charge on any atom is 0.240 e. The lowest BCUT2D eigenvalue weighted by molar-refractivity contribution is -0.117. The largest absolute Gasteiger partial charge is 0.497 e. The monoisotopic (exact) mass is 422 g/mol. The first kappa shape index (κ1) is 20.3. The number of hydrogen-bond acceptors (Lipinski definition) is 5. The van der Waals surface area contributed by atoms with Crippen molar-refractivity contribution in [2.24, 2.45) is 0 Å². The first-order valence-corrected chi connectivity index (χ1v) is 10.3. The standard InChI is InChI=1S/C23H23ClN4O2/c1-30-19-10-6-17(7-11-19)21-14-20(16-4-8-18(24)9-5-16)25-23(26-21)27-22(29)15-28-12-2-3-13-28/h4-11,14H,2-3,12-13,15H2,1H3,(H,25,26,27,29). The summed E-state index contributed by atoms with van der Waals surface area (Å²) in [5.41, 5.74) is 3.23. The average molecular weight is 423 g/mol. The Bertz CT molecular complexity index is 1020. The van der Waals surface area contributed by atoms with Gasteiger partial charge in [-0.1, -0.05) is 23.7 Å². The van der Waals surface area contributed by atoms with Crippen LogP contribution in [0.25, 0.3) is 22.5 Å². The van der Waals surface area contributed by atoms with Gasteiger partial charge in [-0.05, 0) is 68.4 Å². The number of aromatic nitrogens is 2. The molecule has 30 heavy (non-hydrogen) atoms. The highest BCUT2D eigenvalue weighted by molar-refractivity contribution is 6.30. The topological polar surface area (TPSA) is 67.3 Å². The van der Waals surface area contributed by atoms with E-state index in [4.69, 9.17) is 16.3 Å². The van der Waals surface area contributed by atoms with Crippen molar-refractivity contribution >= 4 is 23.5 Å². The first-order valence-electron chi connectivity index (χ1n) is 9.92. The molecular weight excluding hydrogens is 400 g/mol. The Hall–Kier alpha value is -2.96. The third-order valence-electron chi connectivity index (χ3n) is 5.07. The molecule has 0 aliphatic carbocycles. The third-order valence-corrected chi connectivity index (χ3v) is 5.32. The molecule has 2 aromatic carbocycles. The van der Waals surface area contributed by atoms with E-state index in [2.05, 4.69) is 20.2 Å². The Kier molecular flexibility index (Phi) is 6.26. The summed E-state index contributed by atoms with van der Waals surface area (Å²) in [5.74, 6) is 0.952. The van der Waals surface area contributed by atoms with Crippen LogP contribution < -0.4 is 10.1 Å². The molecule has 0 saturated carbocycles. The van der Waals surface area contributed by atoms with Gasteiger partial charge >= 0.3 is 0 Å². The maximum absolute atomic E-state index is 12.5. The lowest BCUT2D eigenvalue weighted by Crippen LogP contribution is -2.31. The zero-order chi connectivity index (χ0) is 20.9. The molecule has 154 valence electrons. The van der Waals surface area contributed by atoms with Crippen LogP contribution in [0.1, 0.15) is 12.8 Å². The fraction of sp³-hybridized carbons (Fsp3) is 0.261. The third kappa shape index (κ3) is 4.96. The van der Waals surface area contributed by atoms with E-state index in [1.165, 1.54) is 0 Å². The van der Waals surface area contributed by atoms with Crippen molar-refractivity contribution in [3.05, 3.63) is 59.6 Å². The zero-order valence-electron chi connectivity index (χ0n) is 16.8. The molecule has 0 bridgehead atoms. The summed E-state index contributed by atoms with van der Waals surface area (Å²) in [6, 6.07) is 17.0. The summed E-state index contributed by atoms with van der Waals surface area (Å²) in [4.78, 5) is 23.8. The van der Waals surface area contributed by atoms with Crippen molar-refractivity contribution in [1.82, 2.24) is 14.9 Å². The molecule has 3 aromatic rings. The number of carbonyl (C=O) groups excluding carboxylic acids is 1. The molecule has 2 heterocycles. The van der Waals surface area contributed by atoms with Crippen molar-refractivity contribution < 1.29 is 9.53 Å². The Morgan fingerprint density at radius 1 is 1.00 bits per heavy atom. The maximum atomic E-state index is 12.5. The number of rotatable bonds is 6. The van der Waals surface area contributed by atoms with Gasteiger partial charge in [0.25, 0.3) is 0 Å². The van der Waals surface area contributed by atoms with Gasteiger partial charge in [0, 0.05) is 16.1 Å². The Morgan fingerprint density at radius 2 is 1.57 bits per heavy atom. The average Bonchev–Trinajstić information content (AvgIpc) is 3.27. The number of hydrogen-bond donors (Lipinski definition) is 1. The van der Waals surface area contributed by atoms with E-state index in [0.717, 1.165) is 42.8 Å². The highest BCUT2D eigenvalue weighted by atomic mass is 35.5. The fourth-order valence-electron chi connectivity index (χ4n) is 3.49. The highest BCUT2D eigenvalue weighted by Gasteiger charge is 2.17. The summed E-state index contributed by atoms with van der Waals surface area (Å²) in [7, 11) is 1.63. The van der Waals surface area contributed by atoms with Crippen LogP contribution in [0.4, 0.5) is 5.95 Å². The van der Waals surface area contributed by atoms with Crippen molar-refractivity contribution in [3.8, 4) is 28.3 Å². The van der Waals surface area contributed by atoms with E-state index < -0.39 is 0 Å². The molecule has 0 unspecified atom stereocenters. The van der Waals surface area contributed by atoms with Gasteiger partial charge in [0.05, 0.1) is 25.0 Å². The van der Waals surface area contributed by atoms with Crippen LogP contribution in [0.15, 0.2) is 54.6 Å². The summed E-state index contributed by atoms with van der Waals surface area (Å²) in [5, 5.41) is 3.52. The van der Waals surface area contributed by atoms with Crippen molar-refractivity contribution in [1.29, 1.82) is 0 Å². The molecule has 1 amide bonds. The quantitative estimate of drug-likeness (QED) is 0.633. The number of amides is 1. The first-order chi connectivity index (χ1) is 14.6. The van der Waals surface area contributed by atoms with Crippen LogP contribution >= 0.6 is 11.6 Å². The van der Waals surface area contributed by atoms with E-state index in [1.54, 1.807) is 7.11 Å². The minimum Gasteiger partial charge on any atom is -0.497 e. The summed E-state index contributed by atoms with van der Waals surface area (Å²) < 4.78 is 5.24.